The molecule has 0 aliphatic carbocycles. The molecule has 0 amide bonds. The van der Waals surface area contributed by atoms with Gasteiger partial charge in [-0.15, -0.1) is 0 Å². The number of nitrogens with zero attached hydrogens (tertiary/aromatic N) is 1. The van der Waals surface area contributed by atoms with Crippen LogP contribution in [0.15, 0.2) is 18.2 Å². The van der Waals surface area contributed by atoms with Gasteiger partial charge in [-0.05, 0) is 61.0 Å². The number of benzene rings is 1. The van der Waals surface area contributed by atoms with Gasteiger partial charge in [0, 0.05) is 43.8 Å². The molecule has 4 nitrogen and oxygen atoms in total. The summed E-state index contributed by atoms with van der Waals surface area (Å²) in [7, 11) is 6.36. The first-order valence-corrected chi connectivity index (χ1v) is 17.2. The highest BCUT2D eigenvalue weighted by Gasteiger charge is 2.36. The fourth-order valence-corrected chi connectivity index (χ4v) is 7.51. The summed E-state index contributed by atoms with van der Waals surface area (Å²) in [6.45, 7) is 12.5. The summed E-state index contributed by atoms with van der Waals surface area (Å²) in [5.41, 5.74) is 3.49. The molecule has 1 unspecified atom stereocenters. The highest BCUT2D eigenvalue weighted by molar-refractivity contribution is 8.77. The smallest absolute Gasteiger partial charge is 0.306 e. The molecule has 0 bridgehead atoms. The molecule has 7 heteroatoms. The lowest BCUT2D eigenvalue weighted by Crippen LogP contribution is -2.41. The van der Waals surface area contributed by atoms with Crippen molar-refractivity contribution < 1.29 is 14.0 Å². The van der Waals surface area contributed by atoms with Crippen LogP contribution in [-0.4, -0.2) is 46.0 Å². The molecular weight excluding hydrogens is 454 g/mol. The van der Waals surface area contributed by atoms with Crippen LogP contribution in [0.4, 0.5) is 5.69 Å². The second kappa shape index (κ2) is 12.7. The summed E-state index contributed by atoms with van der Waals surface area (Å²) in [5.74, 6) is 1.19. The van der Waals surface area contributed by atoms with Gasteiger partial charge >= 0.3 is 5.97 Å². The Bertz CT molecular complexity index is 728. The molecule has 0 N–H and O–H groups in total. The van der Waals surface area contributed by atoms with Crippen molar-refractivity contribution in [1.82, 2.24) is 0 Å². The third kappa shape index (κ3) is 8.96. The lowest BCUT2D eigenvalue weighted by Gasteiger charge is -2.36. The van der Waals surface area contributed by atoms with Gasteiger partial charge < -0.3 is 14.1 Å². The van der Waals surface area contributed by atoms with Crippen molar-refractivity contribution in [3.63, 3.8) is 0 Å². The van der Waals surface area contributed by atoms with E-state index in [0.717, 1.165) is 36.7 Å². The molecular formula is C25H43NO3S2Si. The number of hydrogen-bond acceptors (Lipinski definition) is 6. The quantitative estimate of drug-likeness (QED) is 0.133. The summed E-state index contributed by atoms with van der Waals surface area (Å²) >= 11 is 0. The topological polar surface area (TPSA) is 38.8 Å². The maximum Gasteiger partial charge on any atom is 0.306 e. The summed E-state index contributed by atoms with van der Waals surface area (Å²) in [6, 6.07) is 6.37. The molecule has 1 aliphatic rings. The first kappa shape index (κ1) is 27.6. The number of unbranched alkanes of at least 4 members (excludes halogenated alkanes) is 1. The van der Waals surface area contributed by atoms with E-state index in [4.69, 9.17) is 9.16 Å². The van der Waals surface area contributed by atoms with Crippen molar-refractivity contribution in [3.8, 4) is 0 Å². The van der Waals surface area contributed by atoms with Gasteiger partial charge in [-0.1, -0.05) is 60.9 Å². The highest BCUT2D eigenvalue weighted by atomic mass is 33.1. The second-order valence-electron chi connectivity index (χ2n) is 10.5. The largest absolute Gasteiger partial charge is 0.461 e. The maximum absolute atomic E-state index is 12.2. The Labute approximate surface area is 205 Å². The van der Waals surface area contributed by atoms with E-state index in [1.54, 1.807) is 0 Å². The summed E-state index contributed by atoms with van der Waals surface area (Å²) < 4.78 is 12.0. The zero-order chi connectivity index (χ0) is 23.8. The van der Waals surface area contributed by atoms with Crippen LogP contribution in [-0.2, 0) is 27.0 Å². The second-order valence-corrected chi connectivity index (χ2v) is 18.0. The van der Waals surface area contributed by atoms with E-state index >= 15 is 0 Å². The Morgan fingerprint density at radius 1 is 1.22 bits per heavy atom. The Morgan fingerprint density at radius 3 is 2.59 bits per heavy atom. The fraction of sp³-hybridized carbons (Fsp3) is 0.720. The van der Waals surface area contributed by atoms with E-state index in [-0.39, 0.29) is 11.0 Å². The minimum absolute atomic E-state index is 0.0852. The van der Waals surface area contributed by atoms with Crippen LogP contribution in [0.1, 0.15) is 64.0 Å². The van der Waals surface area contributed by atoms with Gasteiger partial charge in [0.2, 0.25) is 0 Å². The van der Waals surface area contributed by atoms with Gasteiger partial charge in [0.15, 0.2) is 8.32 Å². The van der Waals surface area contributed by atoms with Crippen molar-refractivity contribution in [1.29, 1.82) is 0 Å². The average molecular weight is 498 g/mol. The van der Waals surface area contributed by atoms with Crippen molar-refractivity contribution >= 4 is 41.6 Å². The van der Waals surface area contributed by atoms with Gasteiger partial charge in [0.25, 0.3) is 0 Å². The molecule has 0 spiro atoms. The first-order chi connectivity index (χ1) is 15.0. The number of carbonyl (C=O) groups excluding carboxylic acids is 1. The van der Waals surface area contributed by atoms with Gasteiger partial charge in [-0.3, -0.25) is 4.79 Å². The molecule has 182 valence electrons. The Balaban J connectivity index is 1.83. The molecule has 0 saturated carbocycles. The zero-order valence-electron chi connectivity index (χ0n) is 21.2. The van der Waals surface area contributed by atoms with Crippen LogP contribution in [0, 0.1) is 0 Å². The molecule has 1 heterocycles. The third-order valence-corrected chi connectivity index (χ3v) is 14.1. The standard InChI is InChI=1S/C25H43NO3S2Si/c1-25(2,3)32(6,7)29-16-14-21-18-20(12-13-23(21)26(4)5)19-28-24(27)11-9-8-10-22-15-17-30-31-22/h12-13,18,22H,8-11,14-17,19H2,1-7H3. The lowest BCUT2D eigenvalue weighted by molar-refractivity contribution is -0.145. The maximum atomic E-state index is 12.2. The molecule has 32 heavy (non-hydrogen) atoms. The van der Waals surface area contributed by atoms with Gasteiger partial charge in [0.05, 0.1) is 0 Å². The SMILES string of the molecule is CN(C)c1ccc(COC(=O)CCCCC2CCSS2)cc1CCO[Si](C)(C)C(C)(C)C. The molecule has 1 aromatic carbocycles. The minimum Gasteiger partial charge on any atom is -0.461 e. The van der Waals surface area contributed by atoms with E-state index in [1.165, 1.54) is 29.8 Å². The van der Waals surface area contributed by atoms with Crippen molar-refractivity contribution in [2.24, 2.45) is 0 Å². The van der Waals surface area contributed by atoms with Crippen molar-refractivity contribution in [2.45, 2.75) is 89.3 Å². The van der Waals surface area contributed by atoms with Gasteiger partial charge in [-0.25, -0.2) is 0 Å². The van der Waals surface area contributed by atoms with Crippen LogP contribution in [0.25, 0.3) is 0 Å². The fourth-order valence-electron chi connectivity index (χ4n) is 3.44. The molecule has 1 saturated heterocycles. The summed E-state index contributed by atoms with van der Waals surface area (Å²) in [6.07, 6.45) is 5.95. The van der Waals surface area contributed by atoms with E-state index < -0.39 is 8.32 Å². The predicted octanol–water partition coefficient (Wildman–Crippen LogP) is 7.07. The molecule has 1 aromatic rings. The lowest BCUT2D eigenvalue weighted by atomic mass is 10.1. The summed E-state index contributed by atoms with van der Waals surface area (Å²) in [4.78, 5) is 14.3. The Morgan fingerprint density at radius 2 is 1.97 bits per heavy atom. The van der Waals surface area contributed by atoms with Crippen LogP contribution in [0.3, 0.4) is 0 Å². The number of anilines is 1. The Kier molecular flexibility index (Phi) is 11.0. The number of hydrogen-bond donors (Lipinski definition) is 0. The molecule has 0 radical (unpaired) electrons. The normalized spacial score (nSPS) is 16.9. The third-order valence-electron chi connectivity index (χ3n) is 6.55. The molecule has 2 rings (SSSR count). The number of carbonyl (C=O) groups is 1. The number of ether oxygens (including phenoxy) is 1. The predicted molar refractivity (Wildman–Crippen MR) is 144 cm³/mol. The van der Waals surface area contributed by atoms with Crippen LogP contribution in [0.2, 0.25) is 18.1 Å². The monoisotopic (exact) mass is 497 g/mol. The highest BCUT2D eigenvalue weighted by Crippen LogP contribution is 2.40. The van der Waals surface area contributed by atoms with E-state index in [2.05, 4.69) is 71.1 Å². The molecule has 1 atom stereocenters. The van der Waals surface area contributed by atoms with Gasteiger partial charge in [0.1, 0.15) is 6.61 Å². The zero-order valence-corrected chi connectivity index (χ0v) is 23.8. The van der Waals surface area contributed by atoms with Crippen LogP contribution >= 0.6 is 21.6 Å². The molecule has 1 aliphatic heterocycles. The number of esters is 1. The first-order valence-electron chi connectivity index (χ1n) is 11.9. The van der Waals surface area contributed by atoms with E-state index in [9.17, 15) is 4.79 Å². The minimum atomic E-state index is -1.76. The van der Waals surface area contributed by atoms with E-state index in [0.29, 0.717) is 13.0 Å². The summed E-state index contributed by atoms with van der Waals surface area (Å²) in [5, 5.41) is 0.993. The average Bonchev–Trinajstić information content (AvgIpc) is 3.22. The molecule has 1 fully saturated rings. The van der Waals surface area contributed by atoms with E-state index in [1.807, 2.05) is 21.6 Å². The van der Waals surface area contributed by atoms with Crippen LogP contribution < -0.4 is 4.90 Å². The van der Waals surface area contributed by atoms with Crippen LogP contribution in [0.5, 0.6) is 0 Å². The van der Waals surface area contributed by atoms with Crippen molar-refractivity contribution in [2.75, 3.05) is 31.4 Å². The molecule has 0 aromatic heterocycles. The van der Waals surface area contributed by atoms with Crippen molar-refractivity contribution in [3.05, 3.63) is 29.3 Å². The Hall–Kier alpha value is -0.633. The number of rotatable bonds is 12. The van der Waals surface area contributed by atoms with Gasteiger partial charge in [-0.2, -0.15) is 0 Å².